The van der Waals surface area contributed by atoms with Gasteiger partial charge in [-0.1, -0.05) is 27.7 Å². The Morgan fingerprint density at radius 3 is 2.35 bits per heavy atom. The van der Waals surface area contributed by atoms with Crippen LogP contribution in [0.5, 0.6) is 5.75 Å². The molecule has 0 spiro atoms. The van der Waals surface area contributed by atoms with Crippen molar-refractivity contribution in [2.45, 2.75) is 64.9 Å². The Bertz CT molecular complexity index is 554. The Balaban J connectivity index is 2.73. The van der Waals surface area contributed by atoms with E-state index in [-0.39, 0.29) is 16.9 Å². The molecule has 1 aromatic rings. The summed E-state index contributed by atoms with van der Waals surface area (Å²) in [7, 11) is 0. The van der Waals surface area contributed by atoms with E-state index in [1.165, 1.54) is 0 Å². The number of hydrogen-bond donors (Lipinski definition) is 1. The Labute approximate surface area is 121 Å². The summed E-state index contributed by atoms with van der Waals surface area (Å²) >= 11 is 0. The third kappa shape index (κ3) is 2.54. The highest BCUT2D eigenvalue weighted by Gasteiger charge is 2.40. The zero-order valence-corrected chi connectivity index (χ0v) is 13.2. The molecule has 0 saturated carbocycles. The molecule has 0 amide bonds. The normalized spacial score (nSPS) is 19.4. The fraction of sp³-hybridized carbons (Fsp3) is 0.588. The van der Waals surface area contributed by atoms with Gasteiger partial charge in [-0.3, -0.25) is 0 Å². The zero-order chi connectivity index (χ0) is 15.3. The van der Waals surface area contributed by atoms with E-state index in [1.807, 2.05) is 0 Å². The van der Waals surface area contributed by atoms with Gasteiger partial charge in [0.2, 0.25) is 0 Å². The third-order valence-corrected chi connectivity index (χ3v) is 3.96. The van der Waals surface area contributed by atoms with Gasteiger partial charge in [-0.05, 0) is 49.3 Å². The molecule has 1 aliphatic rings. The number of aromatic carboxylic acids is 1. The number of carboxylic acids is 1. The molecular weight excluding hydrogens is 252 g/mol. The molecule has 1 N–H and O–H groups in total. The van der Waals surface area contributed by atoms with Crippen molar-refractivity contribution < 1.29 is 14.6 Å². The molecule has 0 bridgehead atoms. The largest absolute Gasteiger partial charge is 0.487 e. The molecule has 0 atom stereocenters. The van der Waals surface area contributed by atoms with E-state index in [4.69, 9.17) is 4.74 Å². The van der Waals surface area contributed by atoms with Gasteiger partial charge in [0.1, 0.15) is 11.4 Å². The van der Waals surface area contributed by atoms with Crippen molar-refractivity contribution in [2.24, 2.45) is 0 Å². The van der Waals surface area contributed by atoms with Crippen LogP contribution in [0.2, 0.25) is 0 Å². The summed E-state index contributed by atoms with van der Waals surface area (Å²) in [5.41, 5.74) is 2.03. The number of benzene rings is 1. The van der Waals surface area contributed by atoms with Crippen LogP contribution in [-0.4, -0.2) is 16.7 Å². The highest BCUT2D eigenvalue weighted by Crippen LogP contribution is 2.48. The first-order chi connectivity index (χ1) is 9.03. The molecule has 0 aliphatic carbocycles. The minimum atomic E-state index is -0.879. The average molecular weight is 276 g/mol. The molecule has 1 aliphatic heterocycles. The van der Waals surface area contributed by atoms with Crippen molar-refractivity contribution in [3.63, 3.8) is 0 Å². The Hall–Kier alpha value is -1.51. The first kappa shape index (κ1) is 14.9. The molecule has 20 heavy (non-hydrogen) atoms. The Morgan fingerprint density at radius 2 is 1.85 bits per heavy atom. The van der Waals surface area contributed by atoms with Crippen molar-refractivity contribution >= 4 is 5.97 Å². The lowest BCUT2D eigenvalue weighted by atomic mass is 9.72. The number of fused-ring (bicyclic) bond motifs is 1. The highest BCUT2D eigenvalue weighted by molar-refractivity contribution is 5.88. The first-order valence-corrected chi connectivity index (χ1v) is 7.14. The van der Waals surface area contributed by atoms with Crippen LogP contribution in [0.25, 0.3) is 0 Å². The number of carbonyl (C=O) groups is 1. The van der Waals surface area contributed by atoms with Gasteiger partial charge in [-0.15, -0.1) is 0 Å². The number of rotatable bonds is 2. The smallest absolute Gasteiger partial charge is 0.335 e. The molecule has 1 aromatic carbocycles. The van der Waals surface area contributed by atoms with Crippen LogP contribution in [0.3, 0.4) is 0 Å². The van der Waals surface area contributed by atoms with Crippen molar-refractivity contribution in [3.8, 4) is 5.75 Å². The summed E-state index contributed by atoms with van der Waals surface area (Å²) in [5.74, 6) is 0.231. The second-order valence-electron chi connectivity index (χ2n) is 7.32. The molecular formula is C17H24O3. The average Bonchev–Trinajstić information content (AvgIpc) is 2.24. The maximum absolute atomic E-state index is 11.4. The minimum absolute atomic E-state index is 0.0911. The second kappa shape index (κ2) is 4.51. The molecule has 110 valence electrons. The molecule has 3 heteroatoms. The van der Waals surface area contributed by atoms with E-state index in [9.17, 15) is 9.90 Å². The minimum Gasteiger partial charge on any atom is -0.487 e. The van der Waals surface area contributed by atoms with Crippen LogP contribution >= 0.6 is 0 Å². The third-order valence-electron chi connectivity index (χ3n) is 3.96. The molecule has 2 rings (SSSR count). The Morgan fingerprint density at radius 1 is 1.25 bits per heavy atom. The van der Waals surface area contributed by atoms with Crippen LogP contribution in [-0.2, 0) is 5.41 Å². The van der Waals surface area contributed by atoms with Gasteiger partial charge >= 0.3 is 5.97 Å². The lowest BCUT2D eigenvalue weighted by molar-refractivity contribution is 0.0517. The lowest BCUT2D eigenvalue weighted by Crippen LogP contribution is -2.42. The summed E-state index contributed by atoms with van der Waals surface area (Å²) in [5, 5.41) is 9.32. The van der Waals surface area contributed by atoms with Gasteiger partial charge < -0.3 is 9.84 Å². The van der Waals surface area contributed by atoms with Crippen molar-refractivity contribution in [3.05, 3.63) is 28.8 Å². The zero-order valence-electron chi connectivity index (χ0n) is 13.2. The van der Waals surface area contributed by atoms with Crippen LogP contribution in [0.1, 0.15) is 75.4 Å². The molecule has 1 heterocycles. The molecule has 0 aromatic heterocycles. The van der Waals surface area contributed by atoms with Crippen LogP contribution in [0, 0.1) is 0 Å². The fourth-order valence-corrected chi connectivity index (χ4v) is 3.29. The van der Waals surface area contributed by atoms with Gasteiger partial charge in [0, 0.05) is 5.56 Å². The summed E-state index contributed by atoms with van der Waals surface area (Å²) < 4.78 is 6.19. The molecule has 3 nitrogen and oxygen atoms in total. The Kier molecular flexibility index (Phi) is 3.35. The monoisotopic (exact) mass is 276 g/mol. The summed E-state index contributed by atoms with van der Waals surface area (Å²) in [4.78, 5) is 11.4. The van der Waals surface area contributed by atoms with E-state index in [1.54, 1.807) is 12.1 Å². The van der Waals surface area contributed by atoms with E-state index in [2.05, 4.69) is 41.5 Å². The van der Waals surface area contributed by atoms with E-state index in [0.717, 1.165) is 23.3 Å². The molecule has 0 radical (unpaired) electrons. The highest BCUT2D eigenvalue weighted by atomic mass is 16.5. The summed E-state index contributed by atoms with van der Waals surface area (Å²) in [6.07, 6.45) is 0.869. The number of carboxylic acid groups (broad SMARTS) is 1. The van der Waals surface area contributed by atoms with E-state index >= 15 is 0 Å². The van der Waals surface area contributed by atoms with E-state index in [0.29, 0.717) is 5.56 Å². The van der Waals surface area contributed by atoms with Gasteiger partial charge in [0.25, 0.3) is 0 Å². The van der Waals surface area contributed by atoms with Gasteiger partial charge in [0.15, 0.2) is 0 Å². The maximum atomic E-state index is 11.4. The predicted molar refractivity (Wildman–Crippen MR) is 79.8 cm³/mol. The number of hydrogen-bond acceptors (Lipinski definition) is 2. The molecule has 0 unspecified atom stereocenters. The van der Waals surface area contributed by atoms with Crippen LogP contribution < -0.4 is 4.74 Å². The molecule has 0 fully saturated rings. The summed E-state index contributed by atoms with van der Waals surface area (Å²) in [6.45, 7) is 12.6. The second-order valence-corrected chi connectivity index (χ2v) is 7.32. The van der Waals surface area contributed by atoms with Crippen molar-refractivity contribution in [1.82, 2.24) is 0 Å². The quantitative estimate of drug-likeness (QED) is 0.873. The fourth-order valence-electron chi connectivity index (χ4n) is 3.29. The SMILES string of the molecule is CC(C)c1cc(C(=O)O)cc2c1OC(C)(C)CC2(C)C. The predicted octanol–water partition coefficient (Wildman–Crippen LogP) is 4.35. The number of ether oxygens (including phenoxy) is 1. The van der Waals surface area contributed by atoms with Crippen LogP contribution in [0.15, 0.2) is 12.1 Å². The standard InChI is InChI=1S/C17H24O3/c1-10(2)12-7-11(15(18)19)8-13-14(12)20-17(5,6)9-16(13,3)4/h7-8,10H,9H2,1-6H3,(H,18,19). The van der Waals surface area contributed by atoms with Crippen molar-refractivity contribution in [1.29, 1.82) is 0 Å². The van der Waals surface area contributed by atoms with Crippen molar-refractivity contribution in [2.75, 3.05) is 0 Å². The van der Waals surface area contributed by atoms with Gasteiger partial charge in [0.05, 0.1) is 5.56 Å². The van der Waals surface area contributed by atoms with E-state index < -0.39 is 5.97 Å². The topological polar surface area (TPSA) is 46.5 Å². The summed E-state index contributed by atoms with van der Waals surface area (Å²) in [6, 6.07) is 3.53. The first-order valence-electron chi connectivity index (χ1n) is 7.14. The lowest BCUT2D eigenvalue weighted by Gasteiger charge is -2.43. The van der Waals surface area contributed by atoms with Gasteiger partial charge in [-0.25, -0.2) is 4.79 Å². The van der Waals surface area contributed by atoms with Crippen LogP contribution in [0.4, 0.5) is 0 Å². The molecule has 0 saturated heterocycles. The maximum Gasteiger partial charge on any atom is 0.335 e. The van der Waals surface area contributed by atoms with Gasteiger partial charge in [-0.2, -0.15) is 0 Å².